The van der Waals surface area contributed by atoms with E-state index in [-0.39, 0.29) is 5.97 Å². The van der Waals surface area contributed by atoms with Crippen molar-refractivity contribution in [3.05, 3.63) is 71.3 Å². The molecule has 0 atom stereocenters. The minimum Gasteiger partial charge on any atom is -0.466 e. The highest BCUT2D eigenvalue weighted by Crippen LogP contribution is 2.15. The summed E-state index contributed by atoms with van der Waals surface area (Å²) in [6.45, 7) is 4.16. The van der Waals surface area contributed by atoms with E-state index in [2.05, 4.69) is 51.1 Å². The van der Waals surface area contributed by atoms with Gasteiger partial charge in [0.15, 0.2) is 0 Å². The maximum absolute atomic E-state index is 11.1. The fourth-order valence-corrected chi connectivity index (χ4v) is 2.73. The first kappa shape index (κ1) is 17.8. The fourth-order valence-electron chi connectivity index (χ4n) is 2.73. The summed E-state index contributed by atoms with van der Waals surface area (Å²) in [6.07, 6.45) is 3.12. The number of carbonyl (C=O) groups is 1. The molecule has 1 fully saturated rings. The molecule has 26 heavy (non-hydrogen) atoms. The van der Waals surface area contributed by atoms with Gasteiger partial charge in [-0.2, -0.15) is 0 Å². The van der Waals surface area contributed by atoms with E-state index < -0.39 is 0 Å². The summed E-state index contributed by atoms with van der Waals surface area (Å²) < 4.78 is 4.58. The lowest BCUT2D eigenvalue weighted by molar-refractivity contribution is -0.134. The van der Waals surface area contributed by atoms with Crippen molar-refractivity contribution in [3.63, 3.8) is 0 Å². The Kier molecular flexibility index (Phi) is 6.08. The average Bonchev–Trinajstić information content (AvgIpc) is 2.72. The van der Waals surface area contributed by atoms with Crippen LogP contribution in [0.4, 0.5) is 5.69 Å². The van der Waals surface area contributed by atoms with Crippen molar-refractivity contribution in [2.45, 2.75) is 0 Å². The molecule has 0 aromatic heterocycles. The van der Waals surface area contributed by atoms with Crippen LogP contribution in [0.5, 0.6) is 0 Å². The molecule has 0 radical (unpaired) electrons. The monoisotopic (exact) mass is 346 g/mol. The van der Waals surface area contributed by atoms with E-state index in [9.17, 15) is 4.79 Å². The summed E-state index contributed by atoms with van der Waals surface area (Å²) in [6, 6.07) is 16.1. The Morgan fingerprint density at radius 3 is 2.15 bits per heavy atom. The maximum Gasteiger partial charge on any atom is 0.330 e. The molecule has 0 unspecified atom stereocenters. The number of anilines is 1. The number of nitrogens with zero attached hydrogens (tertiary/aromatic N) is 1. The van der Waals surface area contributed by atoms with Crippen LogP contribution in [0, 0.1) is 11.8 Å². The minimum absolute atomic E-state index is 0.363. The molecule has 0 bridgehead atoms. The molecule has 2 aromatic rings. The molecule has 1 aliphatic heterocycles. The summed E-state index contributed by atoms with van der Waals surface area (Å²) in [5, 5.41) is 3.36. The average molecular weight is 346 g/mol. The number of hydrogen-bond acceptors (Lipinski definition) is 4. The topological polar surface area (TPSA) is 41.6 Å². The van der Waals surface area contributed by atoms with E-state index in [1.165, 1.54) is 18.9 Å². The van der Waals surface area contributed by atoms with Crippen LogP contribution in [0.1, 0.15) is 16.7 Å². The van der Waals surface area contributed by atoms with Gasteiger partial charge in [-0.25, -0.2) is 4.79 Å². The highest BCUT2D eigenvalue weighted by atomic mass is 16.5. The van der Waals surface area contributed by atoms with Crippen LogP contribution in [0.25, 0.3) is 6.08 Å². The first-order valence-electron chi connectivity index (χ1n) is 8.68. The SMILES string of the molecule is COC(=O)/C=C/c1ccc(C#Cc2ccc(N3CCNCC3)cc2)cc1. The van der Waals surface area contributed by atoms with E-state index in [1.54, 1.807) is 6.08 Å². The molecule has 132 valence electrons. The van der Waals surface area contributed by atoms with Crippen molar-refractivity contribution in [2.75, 3.05) is 38.2 Å². The highest BCUT2D eigenvalue weighted by Gasteiger charge is 2.09. The van der Waals surface area contributed by atoms with Gasteiger partial charge >= 0.3 is 5.97 Å². The predicted octanol–water partition coefficient (Wildman–Crippen LogP) is 2.68. The lowest BCUT2D eigenvalue weighted by Gasteiger charge is -2.29. The second-order valence-corrected chi connectivity index (χ2v) is 6.01. The van der Waals surface area contributed by atoms with Gasteiger partial charge in [-0.05, 0) is 48.0 Å². The van der Waals surface area contributed by atoms with Gasteiger partial charge < -0.3 is 15.0 Å². The Morgan fingerprint density at radius 2 is 1.58 bits per heavy atom. The number of rotatable bonds is 3. The van der Waals surface area contributed by atoms with Gasteiger partial charge in [0.1, 0.15) is 0 Å². The van der Waals surface area contributed by atoms with Crippen molar-refractivity contribution in [1.29, 1.82) is 0 Å². The third-order valence-corrected chi connectivity index (χ3v) is 4.22. The molecule has 1 N–H and O–H groups in total. The Labute approximate surface area is 154 Å². The number of benzene rings is 2. The number of piperazine rings is 1. The number of carbonyl (C=O) groups excluding carboxylic acids is 1. The first-order valence-corrected chi connectivity index (χ1v) is 8.68. The van der Waals surface area contributed by atoms with Crippen LogP contribution in [0.2, 0.25) is 0 Å². The van der Waals surface area contributed by atoms with E-state index in [0.29, 0.717) is 0 Å². The van der Waals surface area contributed by atoms with Crippen molar-refractivity contribution in [1.82, 2.24) is 5.32 Å². The number of hydrogen-bond donors (Lipinski definition) is 1. The van der Waals surface area contributed by atoms with E-state index >= 15 is 0 Å². The second kappa shape index (κ2) is 8.89. The molecule has 4 heteroatoms. The molecular formula is C22H22N2O2. The molecule has 3 rings (SSSR count). The zero-order valence-corrected chi connectivity index (χ0v) is 14.9. The molecule has 0 spiro atoms. The zero-order chi connectivity index (χ0) is 18.2. The number of ether oxygens (including phenoxy) is 1. The lowest BCUT2D eigenvalue weighted by Crippen LogP contribution is -2.43. The molecular weight excluding hydrogens is 324 g/mol. The molecule has 0 saturated carbocycles. The quantitative estimate of drug-likeness (QED) is 0.527. The van der Waals surface area contributed by atoms with Gasteiger partial charge in [-0.15, -0.1) is 0 Å². The van der Waals surface area contributed by atoms with Crippen LogP contribution in [0.15, 0.2) is 54.6 Å². The summed E-state index contributed by atoms with van der Waals surface area (Å²) in [7, 11) is 1.36. The zero-order valence-electron chi connectivity index (χ0n) is 14.9. The summed E-state index contributed by atoms with van der Waals surface area (Å²) in [4.78, 5) is 13.5. The lowest BCUT2D eigenvalue weighted by atomic mass is 10.1. The molecule has 1 saturated heterocycles. The molecule has 1 heterocycles. The van der Waals surface area contributed by atoms with Crippen LogP contribution in [-0.4, -0.2) is 39.3 Å². The summed E-state index contributed by atoms with van der Waals surface area (Å²) in [5.74, 6) is 6.01. The smallest absolute Gasteiger partial charge is 0.330 e. The Morgan fingerprint density at radius 1 is 1.00 bits per heavy atom. The van der Waals surface area contributed by atoms with Crippen molar-refractivity contribution < 1.29 is 9.53 Å². The molecule has 0 aliphatic carbocycles. The van der Waals surface area contributed by atoms with E-state index in [4.69, 9.17) is 0 Å². The number of esters is 1. The van der Waals surface area contributed by atoms with Gasteiger partial charge in [0.25, 0.3) is 0 Å². The molecule has 0 amide bonds. The molecule has 1 aliphatic rings. The van der Waals surface area contributed by atoms with Crippen LogP contribution < -0.4 is 10.2 Å². The minimum atomic E-state index is -0.363. The Bertz CT molecular complexity index is 821. The van der Waals surface area contributed by atoms with Gasteiger partial charge in [-0.1, -0.05) is 24.0 Å². The predicted molar refractivity (Wildman–Crippen MR) is 105 cm³/mol. The number of nitrogens with one attached hydrogen (secondary N) is 1. The van der Waals surface area contributed by atoms with E-state index in [0.717, 1.165) is 42.9 Å². The Hall–Kier alpha value is -3.03. The Balaban J connectivity index is 1.63. The second-order valence-electron chi connectivity index (χ2n) is 6.01. The van der Waals surface area contributed by atoms with E-state index in [1.807, 2.05) is 24.3 Å². The normalized spacial score (nSPS) is 14.0. The third kappa shape index (κ3) is 4.98. The van der Waals surface area contributed by atoms with Crippen molar-refractivity contribution >= 4 is 17.7 Å². The summed E-state index contributed by atoms with van der Waals surface area (Å²) in [5.41, 5.74) is 4.12. The maximum atomic E-state index is 11.1. The van der Waals surface area contributed by atoms with Crippen molar-refractivity contribution in [3.8, 4) is 11.8 Å². The largest absolute Gasteiger partial charge is 0.466 e. The molecule has 4 nitrogen and oxygen atoms in total. The summed E-state index contributed by atoms with van der Waals surface area (Å²) >= 11 is 0. The standard InChI is InChI=1S/C22H22N2O2/c1-26-22(25)13-10-19-5-2-18(3-6-19)4-7-20-8-11-21(12-9-20)24-16-14-23-15-17-24/h2-3,5-6,8-13,23H,14-17H2,1H3/b13-10+. The van der Waals surface area contributed by atoms with Gasteiger partial charge in [0.05, 0.1) is 7.11 Å². The molecule has 2 aromatic carbocycles. The van der Waals surface area contributed by atoms with Crippen molar-refractivity contribution in [2.24, 2.45) is 0 Å². The van der Waals surface area contributed by atoms with Gasteiger partial charge in [-0.3, -0.25) is 0 Å². The fraction of sp³-hybridized carbons (Fsp3) is 0.227. The third-order valence-electron chi connectivity index (χ3n) is 4.22. The van der Waals surface area contributed by atoms with Crippen LogP contribution in [-0.2, 0) is 9.53 Å². The highest BCUT2D eigenvalue weighted by molar-refractivity contribution is 5.86. The van der Waals surface area contributed by atoms with Crippen LogP contribution in [0.3, 0.4) is 0 Å². The van der Waals surface area contributed by atoms with Gasteiger partial charge in [0.2, 0.25) is 0 Å². The first-order chi connectivity index (χ1) is 12.7. The number of methoxy groups -OCH3 is 1. The van der Waals surface area contributed by atoms with Crippen LogP contribution >= 0.6 is 0 Å². The van der Waals surface area contributed by atoms with Gasteiger partial charge in [0, 0.05) is 49.1 Å².